The lowest BCUT2D eigenvalue weighted by Gasteiger charge is -2.30. The summed E-state index contributed by atoms with van der Waals surface area (Å²) >= 11 is 1.55. The van der Waals surface area contributed by atoms with Gasteiger partial charge in [0.15, 0.2) is 0 Å². The zero-order chi connectivity index (χ0) is 22.1. The van der Waals surface area contributed by atoms with Crippen molar-refractivity contribution in [3.8, 4) is 5.75 Å². The van der Waals surface area contributed by atoms with Gasteiger partial charge < -0.3 is 15.0 Å². The fourth-order valence-electron chi connectivity index (χ4n) is 3.02. The van der Waals surface area contributed by atoms with E-state index in [4.69, 9.17) is 4.74 Å². The van der Waals surface area contributed by atoms with Gasteiger partial charge in [0.25, 0.3) is 0 Å². The topological polar surface area (TPSA) is 58.6 Å². The Labute approximate surface area is 184 Å². The maximum atomic E-state index is 13.1. The molecule has 2 aromatic rings. The van der Waals surface area contributed by atoms with Crippen LogP contribution in [-0.4, -0.2) is 41.7 Å². The van der Waals surface area contributed by atoms with Gasteiger partial charge in [-0.05, 0) is 56.5 Å². The average Bonchev–Trinajstić information content (AvgIpc) is 2.72. The number of hydrogen-bond donors (Lipinski definition) is 1. The van der Waals surface area contributed by atoms with E-state index in [1.807, 2.05) is 69.3 Å². The number of amides is 2. The molecule has 0 radical (unpaired) electrons. The molecule has 1 N–H and O–H groups in total. The third kappa shape index (κ3) is 7.10. The minimum atomic E-state index is -0.541. The van der Waals surface area contributed by atoms with Gasteiger partial charge in [0.1, 0.15) is 11.8 Å². The second kappa shape index (κ2) is 11.6. The number of hydrogen-bond acceptors (Lipinski definition) is 4. The maximum absolute atomic E-state index is 13.1. The molecule has 5 nitrogen and oxygen atoms in total. The van der Waals surface area contributed by atoms with Crippen molar-refractivity contribution in [2.24, 2.45) is 0 Å². The number of aryl methyl sites for hydroxylation is 1. The van der Waals surface area contributed by atoms with Crippen LogP contribution in [0.25, 0.3) is 0 Å². The van der Waals surface area contributed by atoms with Gasteiger partial charge in [-0.15, -0.1) is 11.8 Å². The summed E-state index contributed by atoms with van der Waals surface area (Å²) in [4.78, 5) is 27.4. The summed E-state index contributed by atoms with van der Waals surface area (Å²) in [7, 11) is 1.64. The summed E-state index contributed by atoms with van der Waals surface area (Å²) < 4.78 is 5.18. The van der Waals surface area contributed by atoms with E-state index >= 15 is 0 Å². The standard InChI is InChI=1S/C24H32N2O3S/c1-17(2)25-24(28)19(4)26(14-21-9-7-6-8-18(21)3)23(27)16-30-15-20-10-12-22(29-5)13-11-20/h6-13,17,19H,14-16H2,1-5H3,(H,25,28). The molecule has 2 aromatic carbocycles. The first-order chi connectivity index (χ1) is 14.3. The van der Waals surface area contributed by atoms with Crippen LogP contribution >= 0.6 is 11.8 Å². The van der Waals surface area contributed by atoms with Gasteiger partial charge in [-0.25, -0.2) is 0 Å². The lowest BCUT2D eigenvalue weighted by atomic mass is 10.1. The van der Waals surface area contributed by atoms with Gasteiger partial charge in [0, 0.05) is 18.3 Å². The van der Waals surface area contributed by atoms with Gasteiger partial charge >= 0.3 is 0 Å². The van der Waals surface area contributed by atoms with Crippen LogP contribution in [0, 0.1) is 6.92 Å². The monoisotopic (exact) mass is 428 g/mol. The highest BCUT2D eigenvalue weighted by Crippen LogP contribution is 2.19. The van der Waals surface area contributed by atoms with E-state index in [0.29, 0.717) is 12.3 Å². The maximum Gasteiger partial charge on any atom is 0.242 e. The number of ether oxygens (including phenoxy) is 1. The lowest BCUT2D eigenvalue weighted by molar-refractivity contribution is -0.138. The molecule has 0 aliphatic heterocycles. The van der Waals surface area contributed by atoms with Gasteiger partial charge in [-0.3, -0.25) is 9.59 Å². The van der Waals surface area contributed by atoms with E-state index in [0.717, 1.165) is 28.2 Å². The Hall–Kier alpha value is -2.47. The van der Waals surface area contributed by atoms with E-state index in [1.54, 1.807) is 30.7 Å². The van der Waals surface area contributed by atoms with Crippen LogP contribution in [0.3, 0.4) is 0 Å². The second-order valence-corrected chi connectivity index (χ2v) is 8.61. The summed E-state index contributed by atoms with van der Waals surface area (Å²) in [5.74, 6) is 1.68. The predicted octanol–water partition coefficient (Wildman–Crippen LogP) is 4.18. The Morgan fingerprint density at radius 2 is 1.73 bits per heavy atom. The molecule has 1 unspecified atom stereocenters. The van der Waals surface area contributed by atoms with Crippen LogP contribution in [0.5, 0.6) is 5.75 Å². The Kier molecular flexibility index (Phi) is 9.24. The van der Waals surface area contributed by atoms with Crippen molar-refractivity contribution in [2.45, 2.75) is 52.1 Å². The highest BCUT2D eigenvalue weighted by molar-refractivity contribution is 7.99. The molecule has 2 amide bonds. The van der Waals surface area contributed by atoms with E-state index in [1.165, 1.54) is 0 Å². The normalized spacial score (nSPS) is 11.8. The minimum Gasteiger partial charge on any atom is -0.497 e. The van der Waals surface area contributed by atoms with E-state index in [9.17, 15) is 9.59 Å². The summed E-state index contributed by atoms with van der Waals surface area (Å²) in [6, 6.07) is 15.3. The molecule has 0 aromatic heterocycles. The number of nitrogens with zero attached hydrogens (tertiary/aromatic N) is 1. The van der Waals surface area contributed by atoms with Crippen molar-refractivity contribution < 1.29 is 14.3 Å². The molecule has 30 heavy (non-hydrogen) atoms. The van der Waals surface area contributed by atoms with Crippen LogP contribution in [-0.2, 0) is 21.9 Å². The predicted molar refractivity (Wildman–Crippen MR) is 124 cm³/mol. The number of thioether (sulfide) groups is 1. The molecule has 0 heterocycles. The van der Waals surface area contributed by atoms with E-state index in [2.05, 4.69) is 5.32 Å². The number of carbonyl (C=O) groups is 2. The van der Waals surface area contributed by atoms with Gasteiger partial charge in [-0.2, -0.15) is 0 Å². The lowest BCUT2D eigenvalue weighted by Crippen LogP contribution is -2.49. The molecule has 0 aliphatic rings. The third-order valence-corrected chi connectivity index (χ3v) is 5.84. The Bertz CT molecular complexity index is 837. The van der Waals surface area contributed by atoms with Crippen LogP contribution in [0.4, 0.5) is 0 Å². The highest BCUT2D eigenvalue weighted by Gasteiger charge is 2.26. The molecule has 0 saturated carbocycles. The zero-order valence-electron chi connectivity index (χ0n) is 18.5. The molecule has 0 aliphatic carbocycles. The van der Waals surface area contributed by atoms with Crippen molar-refractivity contribution in [3.05, 3.63) is 65.2 Å². The molecule has 162 valence electrons. The second-order valence-electron chi connectivity index (χ2n) is 7.63. The molecule has 1 atom stereocenters. The molecule has 0 fully saturated rings. The third-order valence-electron chi connectivity index (χ3n) is 4.85. The Morgan fingerprint density at radius 3 is 2.33 bits per heavy atom. The zero-order valence-corrected chi connectivity index (χ0v) is 19.3. The molecule has 6 heteroatoms. The summed E-state index contributed by atoms with van der Waals surface area (Å²) in [5, 5.41) is 2.92. The van der Waals surface area contributed by atoms with Crippen LogP contribution in [0.1, 0.15) is 37.5 Å². The highest BCUT2D eigenvalue weighted by atomic mass is 32.2. The fourth-order valence-corrected chi connectivity index (χ4v) is 3.89. The summed E-state index contributed by atoms with van der Waals surface area (Å²) in [6.45, 7) is 8.07. The first-order valence-corrected chi connectivity index (χ1v) is 11.3. The minimum absolute atomic E-state index is 0.0276. The van der Waals surface area contributed by atoms with Crippen molar-refractivity contribution in [2.75, 3.05) is 12.9 Å². The number of methoxy groups -OCH3 is 1. The molecular weight excluding hydrogens is 396 g/mol. The smallest absolute Gasteiger partial charge is 0.242 e. The number of nitrogens with one attached hydrogen (secondary N) is 1. The summed E-state index contributed by atoms with van der Waals surface area (Å²) in [5.41, 5.74) is 3.29. The van der Waals surface area contributed by atoms with Gasteiger partial charge in [0.2, 0.25) is 11.8 Å². The first-order valence-electron chi connectivity index (χ1n) is 10.2. The number of carbonyl (C=O) groups excluding carboxylic acids is 2. The molecule has 0 saturated heterocycles. The van der Waals surface area contributed by atoms with Crippen LogP contribution in [0.2, 0.25) is 0 Å². The summed E-state index contributed by atoms with van der Waals surface area (Å²) in [6.07, 6.45) is 0. The fraction of sp³-hybridized carbons (Fsp3) is 0.417. The molecule has 0 bridgehead atoms. The van der Waals surface area contributed by atoms with Crippen LogP contribution < -0.4 is 10.1 Å². The number of rotatable bonds is 10. The SMILES string of the molecule is COc1ccc(CSCC(=O)N(Cc2ccccc2C)C(C)C(=O)NC(C)C)cc1. The Balaban J connectivity index is 2.06. The first kappa shape index (κ1) is 23.8. The van der Waals surface area contributed by atoms with Crippen molar-refractivity contribution >= 4 is 23.6 Å². The van der Waals surface area contributed by atoms with Crippen LogP contribution in [0.15, 0.2) is 48.5 Å². The largest absolute Gasteiger partial charge is 0.497 e. The molecule has 2 rings (SSSR count). The Morgan fingerprint density at radius 1 is 1.07 bits per heavy atom. The molecular formula is C24H32N2O3S. The van der Waals surface area contributed by atoms with Crippen molar-refractivity contribution in [1.29, 1.82) is 0 Å². The van der Waals surface area contributed by atoms with Gasteiger partial charge in [-0.1, -0.05) is 36.4 Å². The van der Waals surface area contributed by atoms with Gasteiger partial charge in [0.05, 0.1) is 12.9 Å². The van der Waals surface area contributed by atoms with Crippen molar-refractivity contribution in [3.63, 3.8) is 0 Å². The van der Waals surface area contributed by atoms with E-state index < -0.39 is 6.04 Å². The van der Waals surface area contributed by atoms with E-state index in [-0.39, 0.29) is 17.9 Å². The molecule has 0 spiro atoms. The number of benzene rings is 2. The average molecular weight is 429 g/mol. The quantitative estimate of drug-likeness (QED) is 0.617. The van der Waals surface area contributed by atoms with Crippen molar-refractivity contribution in [1.82, 2.24) is 10.2 Å².